The lowest BCUT2D eigenvalue weighted by atomic mass is 10.1. The summed E-state index contributed by atoms with van der Waals surface area (Å²) in [5.41, 5.74) is 1.15. The number of nitrogens with zero attached hydrogens (tertiary/aromatic N) is 1. The van der Waals surface area contributed by atoms with E-state index in [1.807, 2.05) is 6.92 Å². The van der Waals surface area contributed by atoms with Crippen molar-refractivity contribution in [2.45, 2.75) is 6.92 Å². The van der Waals surface area contributed by atoms with Gasteiger partial charge in [-0.15, -0.1) is 0 Å². The molecule has 1 N–H and O–H groups in total. The molecular formula is C11H10F2N2. The average Bonchev–Trinajstić information content (AvgIpc) is 2.18. The molecule has 78 valence electrons. The van der Waals surface area contributed by atoms with Gasteiger partial charge in [-0.05, 0) is 18.6 Å². The molecule has 1 heterocycles. The highest BCUT2D eigenvalue weighted by Crippen LogP contribution is 2.22. The number of aryl methyl sites for hydroxylation is 1. The van der Waals surface area contributed by atoms with E-state index in [-0.39, 0.29) is 0 Å². The molecule has 0 aliphatic rings. The van der Waals surface area contributed by atoms with Gasteiger partial charge in [0.15, 0.2) is 0 Å². The summed E-state index contributed by atoms with van der Waals surface area (Å²) < 4.78 is 26.3. The van der Waals surface area contributed by atoms with Gasteiger partial charge in [-0.1, -0.05) is 0 Å². The van der Waals surface area contributed by atoms with Crippen molar-refractivity contribution in [2.75, 3.05) is 12.4 Å². The first-order valence-corrected chi connectivity index (χ1v) is 4.56. The van der Waals surface area contributed by atoms with Crippen LogP contribution < -0.4 is 5.32 Å². The number of hydrogen-bond donors (Lipinski definition) is 1. The van der Waals surface area contributed by atoms with Crippen molar-refractivity contribution in [1.82, 2.24) is 4.98 Å². The summed E-state index contributed by atoms with van der Waals surface area (Å²) >= 11 is 0. The summed E-state index contributed by atoms with van der Waals surface area (Å²) in [5.74, 6) is -0.561. The zero-order valence-electron chi connectivity index (χ0n) is 8.44. The fraction of sp³-hybridized carbons (Fsp3) is 0.182. The highest BCUT2D eigenvalue weighted by Gasteiger charge is 2.07. The normalized spacial score (nSPS) is 10.7. The Morgan fingerprint density at radius 1 is 1.20 bits per heavy atom. The molecule has 1 aromatic heterocycles. The van der Waals surface area contributed by atoms with Crippen molar-refractivity contribution in [1.29, 1.82) is 0 Å². The molecule has 4 heteroatoms. The smallest absolute Gasteiger partial charge is 0.135 e. The molecule has 0 unspecified atom stereocenters. The minimum atomic E-state index is -0.613. The zero-order valence-corrected chi connectivity index (χ0v) is 8.44. The summed E-state index contributed by atoms with van der Waals surface area (Å²) in [7, 11) is 1.72. The second-order valence-corrected chi connectivity index (χ2v) is 3.36. The van der Waals surface area contributed by atoms with E-state index in [2.05, 4.69) is 10.3 Å². The van der Waals surface area contributed by atoms with E-state index in [0.717, 1.165) is 11.6 Å². The quantitative estimate of drug-likeness (QED) is 0.779. The molecule has 2 aromatic rings. The maximum Gasteiger partial charge on any atom is 0.135 e. The maximum absolute atomic E-state index is 13.4. The number of nitrogens with one attached hydrogen (secondary N) is 1. The number of aromatic nitrogens is 1. The molecule has 1 aromatic carbocycles. The van der Waals surface area contributed by atoms with Gasteiger partial charge in [-0.2, -0.15) is 0 Å². The van der Waals surface area contributed by atoms with Crippen molar-refractivity contribution in [2.24, 2.45) is 0 Å². The molecule has 2 rings (SSSR count). The molecule has 0 bridgehead atoms. The van der Waals surface area contributed by atoms with E-state index in [1.54, 1.807) is 13.1 Å². The second-order valence-electron chi connectivity index (χ2n) is 3.36. The minimum absolute atomic E-state index is 0.322. The largest absolute Gasteiger partial charge is 0.373 e. The van der Waals surface area contributed by atoms with Gasteiger partial charge in [-0.3, -0.25) is 0 Å². The Bertz CT molecular complexity index is 523. The summed E-state index contributed by atoms with van der Waals surface area (Å²) in [5, 5.41) is 3.21. The van der Waals surface area contributed by atoms with Crippen LogP contribution in [0.15, 0.2) is 18.2 Å². The number of anilines is 1. The lowest BCUT2D eigenvalue weighted by Gasteiger charge is -2.06. The van der Waals surface area contributed by atoms with Crippen LogP contribution in [0.4, 0.5) is 14.6 Å². The number of rotatable bonds is 1. The summed E-state index contributed by atoms with van der Waals surface area (Å²) in [6.07, 6.45) is 0. The van der Waals surface area contributed by atoms with Gasteiger partial charge in [0, 0.05) is 24.6 Å². The molecule has 15 heavy (non-hydrogen) atoms. The number of hydrogen-bond acceptors (Lipinski definition) is 2. The Labute approximate surface area is 85.9 Å². The molecule has 0 aliphatic carbocycles. The Hall–Kier alpha value is -1.71. The van der Waals surface area contributed by atoms with Crippen LogP contribution in [0.25, 0.3) is 10.9 Å². The Morgan fingerprint density at radius 2 is 1.93 bits per heavy atom. The van der Waals surface area contributed by atoms with E-state index in [9.17, 15) is 8.78 Å². The van der Waals surface area contributed by atoms with Gasteiger partial charge >= 0.3 is 0 Å². The zero-order chi connectivity index (χ0) is 11.0. The fourth-order valence-corrected chi connectivity index (χ4v) is 1.55. The molecule has 0 spiro atoms. The Morgan fingerprint density at radius 3 is 2.60 bits per heavy atom. The van der Waals surface area contributed by atoms with Crippen LogP contribution in [0.5, 0.6) is 0 Å². The van der Waals surface area contributed by atoms with Crippen LogP contribution >= 0.6 is 0 Å². The van der Waals surface area contributed by atoms with Gasteiger partial charge in [0.05, 0.1) is 5.52 Å². The first-order valence-electron chi connectivity index (χ1n) is 4.56. The van der Waals surface area contributed by atoms with Gasteiger partial charge in [0.1, 0.15) is 17.5 Å². The van der Waals surface area contributed by atoms with Crippen molar-refractivity contribution in [3.8, 4) is 0 Å². The highest BCUT2D eigenvalue weighted by molar-refractivity contribution is 5.82. The first kappa shape index (κ1) is 9.83. The first-order chi connectivity index (χ1) is 7.11. The molecule has 2 nitrogen and oxygen atoms in total. The van der Waals surface area contributed by atoms with Gasteiger partial charge < -0.3 is 5.32 Å². The topological polar surface area (TPSA) is 24.9 Å². The van der Waals surface area contributed by atoms with E-state index in [1.165, 1.54) is 6.07 Å². The van der Waals surface area contributed by atoms with Gasteiger partial charge in [0.25, 0.3) is 0 Å². The molecule has 0 saturated heterocycles. The summed E-state index contributed by atoms with van der Waals surface area (Å²) in [6, 6.07) is 3.74. The lowest BCUT2D eigenvalue weighted by molar-refractivity contribution is 0.591. The van der Waals surface area contributed by atoms with Crippen LogP contribution in [0.1, 0.15) is 5.56 Å². The molecule has 0 saturated carbocycles. The molecular weight excluding hydrogens is 198 g/mol. The van der Waals surface area contributed by atoms with Crippen molar-refractivity contribution >= 4 is 16.7 Å². The van der Waals surface area contributed by atoms with E-state index < -0.39 is 11.6 Å². The van der Waals surface area contributed by atoms with Gasteiger partial charge in [0.2, 0.25) is 0 Å². The molecule has 0 amide bonds. The van der Waals surface area contributed by atoms with Crippen molar-refractivity contribution in [3.63, 3.8) is 0 Å². The standard InChI is InChI=1S/C11H10F2N2/c1-6-3-8-9(13)4-7(12)5-10(8)15-11(6)14-2/h3-5H,1-2H3,(H,14,15). The molecule has 0 atom stereocenters. The number of pyridine rings is 1. The van der Waals surface area contributed by atoms with Crippen LogP contribution in [-0.4, -0.2) is 12.0 Å². The average molecular weight is 208 g/mol. The maximum atomic E-state index is 13.4. The predicted octanol–water partition coefficient (Wildman–Crippen LogP) is 2.86. The number of halogens is 2. The van der Waals surface area contributed by atoms with Crippen molar-refractivity contribution < 1.29 is 8.78 Å². The van der Waals surface area contributed by atoms with Crippen LogP contribution in [-0.2, 0) is 0 Å². The number of benzene rings is 1. The van der Waals surface area contributed by atoms with Crippen LogP contribution in [0.2, 0.25) is 0 Å². The minimum Gasteiger partial charge on any atom is -0.373 e. The van der Waals surface area contributed by atoms with Crippen LogP contribution in [0, 0.1) is 18.6 Å². The summed E-state index contributed by atoms with van der Waals surface area (Å²) in [4.78, 5) is 4.12. The predicted molar refractivity (Wildman–Crippen MR) is 55.9 cm³/mol. The molecule has 0 aliphatic heterocycles. The third kappa shape index (κ3) is 1.63. The third-order valence-electron chi connectivity index (χ3n) is 2.28. The third-order valence-corrected chi connectivity index (χ3v) is 2.28. The van der Waals surface area contributed by atoms with E-state index in [0.29, 0.717) is 16.7 Å². The second kappa shape index (κ2) is 3.46. The Balaban J connectivity index is 2.81. The fourth-order valence-electron chi connectivity index (χ4n) is 1.55. The van der Waals surface area contributed by atoms with Crippen LogP contribution in [0.3, 0.4) is 0 Å². The molecule has 0 fully saturated rings. The van der Waals surface area contributed by atoms with Gasteiger partial charge in [-0.25, -0.2) is 13.8 Å². The Kier molecular flexibility index (Phi) is 2.26. The highest BCUT2D eigenvalue weighted by atomic mass is 19.1. The SMILES string of the molecule is CNc1nc2cc(F)cc(F)c2cc1C. The van der Waals surface area contributed by atoms with Crippen molar-refractivity contribution in [3.05, 3.63) is 35.4 Å². The lowest BCUT2D eigenvalue weighted by Crippen LogP contribution is -1.97. The van der Waals surface area contributed by atoms with E-state index in [4.69, 9.17) is 0 Å². The number of fused-ring (bicyclic) bond motifs is 1. The van der Waals surface area contributed by atoms with E-state index >= 15 is 0 Å². The molecule has 0 radical (unpaired) electrons. The monoisotopic (exact) mass is 208 g/mol. The summed E-state index contributed by atoms with van der Waals surface area (Å²) in [6.45, 7) is 1.82.